The second-order valence-corrected chi connectivity index (χ2v) is 3.30. The number of nitro groups is 1. The van der Waals surface area contributed by atoms with Gasteiger partial charge in [-0.25, -0.2) is 0 Å². The predicted molar refractivity (Wildman–Crippen MR) is 52.2 cm³/mol. The van der Waals surface area contributed by atoms with Crippen molar-refractivity contribution in [2.45, 2.75) is 6.92 Å². The molecule has 0 unspecified atom stereocenters. The van der Waals surface area contributed by atoms with Gasteiger partial charge < -0.3 is 10.7 Å². The lowest BCUT2D eigenvalue weighted by molar-refractivity contribution is -0.536. The van der Waals surface area contributed by atoms with Crippen LogP contribution in [-0.2, 0) is 0 Å². The van der Waals surface area contributed by atoms with Crippen LogP contribution in [0.3, 0.4) is 0 Å². The Balaban J connectivity index is 4.84. The number of halogens is 1. The number of nitrogens with zero attached hydrogens (tertiary/aromatic N) is 1. The molecular weight excluding hydrogens is 240 g/mol. The number of nitrogens with two attached hydrogens (primary N) is 1. The maximum Gasteiger partial charge on any atom is 0.276 e. The summed E-state index contributed by atoms with van der Waals surface area (Å²) in [4.78, 5) is 9.82. The molecule has 0 aliphatic rings. The molecule has 0 aliphatic heterocycles. The third kappa shape index (κ3) is 5.29. The van der Waals surface area contributed by atoms with E-state index >= 15 is 0 Å². The SMILES string of the molecule is C=C(Br)/C=C(\C=C(\C)[NH2+][O-])[N+](=O)[O-]. The highest BCUT2D eigenvalue weighted by Gasteiger charge is 2.07. The second kappa shape index (κ2) is 5.63. The molecule has 72 valence electrons. The molecule has 5 nitrogen and oxygen atoms in total. The summed E-state index contributed by atoms with van der Waals surface area (Å²) in [7, 11) is 0. The molecule has 0 aliphatic carbocycles. The Bertz CT molecular complexity index is 283. The highest BCUT2D eigenvalue weighted by molar-refractivity contribution is 9.11. The molecule has 2 N–H and O–H groups in total. The van der Waals surface area contributed by atoms with E-state index in [0.29, 0.717) is 9.96 Å². The third-order valence-corrected chi connectivity index (χ3v) is 1.31. The van der Waals surface area contributed by atoms with E-state index in [1.54, 1.807) is 0 Å². The van der Waals surface area contributed by atoms with Crippen molar-refractivity contribution in [2.75, 3.05) is 0 Å². The van der Waals surface area contributed by atoms with Crippen molar-refractivity contribution in [3.05, 3.63) is 49.9 Å². The predicted octanol–water partition coefficient (Wildman–Crippen LogP) is 1.02. The van der Waals surface area contributed by atoms with Crippen LogP contribution in [0.2, 0.25) is 0 Å². The average molecular weight is 249 g/mol. The highest BCUT2D eigenvalue weighted by Crippen LogP contribution is 2.09. The van der Waals surface area contributed by atoms with Crippen LogP contribution < -0.4 is 5.48 Å². The lowest BCUT2D eigenvalue weighted by Gasteiger charge is -1.99. The molecule has 0 rings (SSSR count). The number of hydrogen-bond acceptors (Lipinski definition) is 3. The molecule has 0 amide bonds. The van der Waals surface area contributed by atoms with Gasteiger partial charge in [0.15, 0.2) is 0 Å². The maximum atomic E-state index is 10.4. The quantitative estimate of drug-likeness (QED) is 0.458. The van der Waals surface area contributed by atoms with E-state index in [-0.39, 0.29) is 11.4 Å². The van der Waals surface area contributed by atoms with Gasteiger partial charge in [0.25, 0.3) is 5.70 Å². The summed E-state index contributed by atoms with van der Waals surface area (Å²) >= 11 is 2.96. The standard InChI is InChI=1S/C7H9BrN2O3/c1-5(8)3-7(10(12)13)4-6(2)9-11/h3-4H,1,9H2,2H3/b6-4-,7-3+. The summed E-state index contributed by atoms with van der Waals surface area (Å²) < 4.78 is 0.383. The number of hydroxylamine groups is 1. The molecule has 0 aromatic rings. The van der Waals surface area contributed by atoms with E-state index in [1.165, 1.54) is 19.1 Å². The second-order valence-electron chi connectivity index (χ2n) is 2.28. The Morgan fingerprint density at radius 2 is 2.15 bits per heavy atom. The van der Waals surface area contributed by atoms with E-state index in [1.807, 2.05) is 0 Å². The smallest absolute Gasteiger partial charge is 0.276 e. The van der Waals surface area contributed by atoms with Gasteiger partial charge in [0, 0.05) is 17.5 Å². The largest absolute Gasteiger partial charge is 0.631 e. The van der Waals surface area contributed by atoms with Crippen LogP contribution >= 0.6 is 15.9 Å². The Morgan fingerprint density at radius 1 is 1.62 bits per heavy atom. The lowest BCUT2D eigenvalue weighted by Crippen LogP contribution is -2.74. The van der Waals surface area contributed by atoms with Crippen molar-refractivity contribution in [2.24, 2.45) is 0 Å². The van der Waals surface area contributed by atoms with Crippen LogP contribution in [0.25, 0.3) is 0 Å². The molecule has 0 radical (unpaired) electrons. The van der Waals surface area contributed by atoms with Crippen LogP contribution in [0.1, 0.15) is 6.92 Å². The van der Waals surface area contributed by atoms with Crippen LogP contribution in [0.4, 0.5) is 0 Å². The van der Waals surface area contributed by atoms with Crippen molar-refractivity contribution < 1.29 is 10.4 Å². The van der Waals surface area contributed by atoms with E-state index < -0.39 is 4.92 Å². The van der Waals surface area contributed by atoms with Crippen molar-refractivity contribution in [1.82, 2.24) is 0 Å². The molecule has 0 fully saturated rings. The normalized spacial score (nSPS) is 12.8. The van der Waals surface area contributed by atoms with Gasteiger partial charge in [0.1, 0.15) is 5.70 Å². The Kier molecular flexibility index (Phi) is 5.20. The summed E-state index contributed by atoms with van der Waals surface area (Å²) in [6.07, 6.45) is 2.41. The molecule has 6 heteroatoms. The van der Waals surface area contributed by atoms with Gasteiger partial charge >= 0.3 is 0 Å². The zero-order valence-electron chi connectivity index (χ0n) is 6.99. The number of allylic oxidation sites excluding steroid dienone is 4. The monoisotopic (exact) mass is 248 g/mol. The first-order valence-electron chi connectivity index (χ1n) is 3.31. The minimum Gasteiger partial charge on any atom is -0.631 e. The zero-order chi connectivity index (χ0) is 10.4. The van der Waals surface area contributed by atoms with E-state index in [4.69, 9.17) is 0 Å². The van der Waals surface area contributed by atoms with Gasteiger partial charge in [-0.3, -0.25) is 10.1 Å². The Hall–Kier alpha value is -0.980. The Morgan fingerprint density at radius 3 is 2.46 bits per heavy atom. The van der Waals surface area contributed by atoms with Crippen LogP contribution in [0.5, 0.6) is 0 Å². The van der Waals surface area contributed by atoms with Crippen molar-refractivity contribution in [3.8, 4) is 0 Å². The van der Waals surface area contributed by atoms with Gasteiger partial charge in [-0.05, 0) is 0 Å². The average Bonchev–Trinajstić information content (AvgIpc) is 2.02. The minimum absolute atomic E-state index is 0.175. The molecule has 0 aromatic carbocycles. The molecular formula is C7H9BrN2O3. The van der Waals surface area contributed by atoms with E-state index in [0.717, 1.165) is 0 Å². The topological polar surface area (TPSA) is 82.8 Å². The van der Waals surface area contributed by atoms with Gasteiger partial charge in [-0.2, -0.15) is 0 Å². The first-order valence-corrected chi connectivity index (χ1v) is 4.10. The van der Waals surface area contributed by atoms with Gasteiger partial charge in [-0.15, -0.1) is 0 Å². The summed E-state index contributed by atoms with van der Waals surface area (Å²) in [5.74, 6) is 0. The molecule has 0 saturated carbocycles. The van der Waals surface area contributed by atoms with E-state index in [2.05, 4.69) is 22.5 Å². The number of hydrogen-bond donors (Lipinski definition) is 1. The first-order chi connectivity index (χ1) is 5.97. The van der Waals surface area contributed by atoms with Gasteiger partial charge in [0.05, 0.1) is 11.0 Å². The third-order valence-electron chi connectivity index (χ3n) is 1.08. The molecule has 0 aromatic heterocycles. The fourth-order valence-corrected chi connectivity index (χ4v) is 0.809. The molecule has 0 spiro atoms. The number of rotatable bonds is 4. The summed E-state index contributed by atoms with van der Waals surface area (Å²) in [5.41, 5.74) is 0.664. The van der Waals surface area contributed by atoms with Crippen molar-refractivity contribution >= 4 is 15.9 Å². The molecule has 0 bridgehead atoms. The zero-order valence-corrected chi connectivity index (χ0v) is 8.58. The van der Waals surface area contributed by atoms with Crippen LogP contribution in [0.15, 0.2) is 34.6 Å². The lowest BCUT2D eigenvalue weighted by atomic mass is 10.3. The molecule has 0 heterocycles. The van der Waals surface area contributed by atoms with E-state index in [9.17, 15) is 15.3 Å². The molecule has 0 saturated heterocycles. The Labute approximate surface area is 83.7 Å². The number of quaternary nitrogens is 1. The molecule has 0 atom stereocenters. The van der Waals surface area contributed by atoms with Gasteiger partial charge in [-0.1, -0.05) is 22.5 Å². The first kappa shape index (κ1) is 12.0. The fraction of sp³-hybridized carbons (Fsp3) is 0.143. The van der Waals surface area contributed by atoms with Crippen LogP contribution in [-0.4, -0.2) is 4.92 Å². The van der Waals surface area contributed by atoms with Crippen LogP contribution in [0, 0.1) is 15.3 Å². The maximum absolute atomic E-state index is 10.4. The van der Waals surface area contributed by atoms with Crippen molar-refractivity contribution in [3.63, 3.8) is 0 Å². The molecule has 13 heavy (non-hydrogen) atoms. The van der Waals surface area contributed by atoms with Gasteiger partial charge in [0.2, 0.25) is 0 Å². The summed E-state index contributed by atoms with van der Waals surface area (Å²) in [5, 5.41) is 20.6. The fourth-order valence-electron chi connectivity index (χ4n) is 0.575. The summed E-state index contributed by atoms with van der Waals surface area (Å²) in [6, 6.07) is 0. The highest BCUT2D eigenvalue weighted by atomic mass is 79.9. The summed E-state index contributed by atoms with van der Waals surface area (Å²) in [6.45, 7) is 4.92. The van der Waals surface area contributed by atoms with Crippen molar-refractivity contribution in [1.29, 1.82) is 0 Å². The minimum atomic E-state index is -0.584.